The average Bonchev–Trinajstić information content (AvgIpc) is 2.63. The van der Waals surface area contributed by atoms with Crippen molar-refractivity contribution in [3.63, 3.8) is 0 Å². The fourth-order valence-corrected chi connectivity index (χ4v) is 2.23. The van der Waals surface area contributed by atoms with Crippen LogP contribution in [0.2, 0.25) is 0 Å². The molecule has 0 bridgehead atoms. The highest BCUT2D eigenvalue weighted by atomic mass is 16.5. The fourth-order valence-electron chi connectivity index (χ4n) is 2.23. The van der Waals surface area contributed by atoms with Crippen molar-refractivity contribution in [3.05, 3.63) is 66.5 Å². The lowest BCUT2D eigenvalue weighted by molar-refractivity contribution is 0.340. The molecule has 5 nitrogen and oxygen atoms in total. The molecule has 118 valence electrons. The second kappa shape index (κ2) is 7.25. The van der Waals surface area contributed by atoms with Crippen molar-refractivity contribution < 1.29 is 4.74 Å². The molecule has 0 fully saturated rings. The Labute approximate surface area is 140 Å². The van der Waals surface area contributed by atoms with Gasteiger partial charge in [-0.3, -0.25) is 4.98 Å². The van der Waals surface area contributed by atoms with Gasteiger partial charge in [0.15, 0.2) is 0 Å². The van der Waals surface area contributed by atoms with Gasteiger partial charge in [-0.15, -0.1) is 0 Å². The van der Waals surface area contributed by atoms with E-state index in [4.69, 9.17) is 10.00 Å². The summed E-state index contributed by atoms with van der Waals surface area (Å²) in [4.78, 5) is 8.82. The first-order chi connectivity index (χ1) is 11.8. The van der Waals surface area contributed by atoms with Crippen molar-refractivity contribution in [2.24, 2.45) is 0 Å². The van der Waals surface area contributed by atoms with Gasteiger partial charge in [-0.25, -0.2) is 4.98 Å². The van der Waals surface area contributed by atoms with Gasteiger partial charge in [-0.1, -0.05) is 0 Å². The molecule has 0 saturated carbocycles. The van der Waals surface area contributed by atoms with Gasteiger partial charge >= 0.3 is 0 Å². The molecule has 3 aromatic rings. The van der Waals surface area contributed by atoms with E-state index in [-0.39, 0.29) is 0 Å². The van der Waals surface area contributed by atoms with Gasteiger partial charge in [-0.2, -0.15) is 5.26 Å². The molecule has 0 amide bonds. The molecule has 1 aromatic heterocycles. The van der Waals surface area contributed by atoms with Crippen LogP contribution in [0.15, 0.2) is 60.9 Å². The molecular formula is C19H16N4O. The molecule has 2 aromatic carbocycles. The number of rotatable bonds is 5. The van der Waals surface area contributed by atoms with Crippen molar-refractivity contribution in [2.45, 2.75) is 6.92 Å². The van der Waals surface area contributed by atoms with Gasteiger partial charge < -0.3 is 10.1 Å². The van der Waals surface area contributed by atoms with Crippen LogP contribution >= 0.6 is 0 Å². The minimum absolute atomic E-state index is 0.620. The zero-order valence-electron chi connectivity index (χ0n) is 13.2. The van der Waals surface area contributed by atoms with Crippen LogP contribution in [0.25, 0.3) is 11.3 Å². The Morgan fingerprint density at radius 2 is 1.79 bits per heavy atom. The SMILES string of the molecule is CCOc1ccc(-c2cncc(Nc3ccc(C#N)cc3)n2)cc1. The van der Waals surface area contributed by atoms with Gasteiger partial charge in [0.2, 0.25) is 0 Å². The monoisotopic (exact) mass is 316 g/mol. The van der Waals surface area contributed by atoms with Crippen molar-refractivity contribution in [1.29, 1.82) is 5.26 Å². The summed E-state index contributed by atoms with van der Waals surface area (Å²) in [5, 5.41) is 12.0. The third-order valence-corrected chi connectivity index (χ3v) is 3.38. The summed E-state index contributed by atoms with van der Waals surface area (Å²) in [7, 11) is 0. The van der Waals surface area contributed by atoms with Crippen molar-refractivity contribution in [1.82, 2.24) is 9.97 Å². The maximum Gasteiger partial charge on any atom is 0.149 e. The van der Waals surface area contributed by atoms with E-state index >= 15 is 0 Å². The molecule has 0 unspecified atom stereocenters. The predicted octanol–water partition coefficient (Wildman–Crippen LogP) is 4.16. The summed E-state index contributed by atoms with van der Waals surface area (Å²) in [6.45, 7) is 2.60. The Kier molecular flexibility index (Phi) is 4.68. The summed E-state index contributed by atoms with van der Waals surface area (Å²) in [5.41, 5.74) is 3.22. The lowest BCUT2D eigenvalue weighted by Gasteiger charge is -2.08. The molecule has 0 saturated heterocycles. The van der Waals surface area contributed by atoms with E-state index in [1.807, 2.05) is 43.3 Å². The molecule has 0 aliphatic carbocycles. The third kappa shape index (κ3) is 3.68. The maximum atomic E-state index is 8.83. The Morgan fingerprint density at radius 1 is 1.04 bits per heavy atom. The number of hydrogen-bond donors (Lipinski definition) is 1. The van der Waals surface area contributed by atoms with Crippen LogP contribution in [-0.4, -0.2) is 16.6 Å². The third-order valence-electron chi connectivity index (χ3n) is 3.38. The van der Waals surface area contributed by atoms with E-state index in [1.165, 1.54) is 0 Å². The Hall–Kier alpha value is -3.39. The number of hydrogen-bond acceptors (Lipinski definition) is 5. The fraction of sp³-hybridized carbons (Fsp3) is 0.105. The van der Waals surface area contributed by atoms with E-state index in [1.54, 1.807) is 24.5 Å². The number of nitriles is 1. The van der Waals surface area contributed by atoms with Gasteiger partial charge in [0, 0.05) is 11.3 Å². The first kappa shape index (κ1) is 15.5. The number of nitrogens with one attached hydrogen (secondary N) is 1. The molecule has 0 atom stereocenters. The van der Waals surface area contributed by atoms with Crippen LogP contribution in [0, 0.1) is 11.3 Å². The second-order valence-corrected chi connectivity index (χ2v) is 5.06. The van der Waals surface area contributed by atoms with Crippen LogP contribution in [0.5, 0.6) is 5.75 Å². The highest BCUT2D eigenvalue weighted by Gasteiger charge is 2.03. The van der Waals surface area contributed by atoms with Crippen LogP contribution in [0.3, 0.4) is 0 Å². The smallest absolute Gasteiger partial charge is 0.149 e. The van der Waals surface area contributed by atoms with E-state index in [9.17, 15) is 0 Å². The van der Waals surface area contributed by atoms with E-state index in [2.05, 4.69) is 21.4 Å². The summed E-state index contributed by atoms with van der Waals surface area (Å²) < 4.78 is 5.45. The van der Waals surface area contributed by atoms with Crippen LogP contribution < -0.4 is 10.1 Å². The standard InChI is InChI=1S/C19H16N4O/c1-2-24-17-9-5-15(6-10-17)18-12-21-13-19(23-18)22-16-7-3-14(11-20)4-8-16/h3-10,12-13H,2H2,1H3,(H,22,23). The summed E-state index contributed by atoms with van der Waals surface area (Å²) >= 11 is 0. The molecule has 0 aliphatic rings. The van der Waals surface area contributed by atoms with E-state index in [0.717, 1.165) is 22.7 Å². The summed E-state index contributed by atoms with van der Waals surface area (Å²) in [6, 6.07) is 17.0. The van der Waals surface area contributed by atoms with E-state index in [0.29, 0.717) is 18.0 Å². The zero-order valence-corrected chi connectivity index (χ0v) is 13.2. The first-order valence-electron chi connectivity index (χ1n) is 7.61. The number of anilines is 2. The van der Waals surface area contributed by atoms with Gasteiger partial charge in [0.1, 0.15) is 11.6 Å². The summed E-state index contributed by atoms with van der Waals surface area (Å²) in [6.07, 6.45) is 3.38. The molecule has 0 spiro atoms. The van der Waals surface area contributed by atoms with Crippen LogP contribution in [-0.2, 0) is 0 Å². The lowest BCUT2D eigenvalue weighted by Crippen LogP contribution is -1.96. The van der Waals surface area contributed by atoms with Gasteiger partial charge in [0.05, 0.1) is 36.3 Å². The molecule has 1 heterocycles. The van der Waals surface area contributed by atoms with Crippen LogP contribution in [0.4, 0.5) is 11.5 Å². The maximum absolute atomic E-state index is 8.83. The number of ether oxygens (including phenoxy) is 1. The largest absolute Gasteiger partial charge is 0.494 e. The highest BCUT2D eigenvalue weighted by Crippen LogP contribution is 2.22. The van der Waals surface area contributed by atoms with E-state index < -0.39 is 0 Å². The molecule has 1 N–H and O–H groups in total. The Bertz CT molecular complexity index is 852. The highest BCUT2D eigenvalue weighted by molar-refractivity contribution is 5.63. The topological polar surface area (TPSA) is 70.8 Å². The molecule has 24 heavy (non-hydrogen) atoms. The minimum Gasteiger partial charge on any atom is -0.494 e. The zero-order chi connectivity index (χ0) is 16.8. The normalized spacial score (nSPS) is 10.0. The second-order valence-electron chi connectivity index (χ2n) is 5.06. The minimum atomic E-state index is 0.620. The molecule has 0 radical (unpaired) electrons. The quantitative estimate of drug-likeness (QED) is 0.765. The number of aromatic nitrogens is 2. The van der Waals surface area contributed by atoms with Crippen molar-refractivity contribution in [2.75, 3.05) is 11.9 Å². The van der Waals surface area contributed by atoms with Crippen LogP contribution in [0.1, 0.15) is 12.5 Å². The Balaban J connectivity index is 1.79. The molecule has 3 rings (SSSR count). The van der Waals surface area contributed by atoms with Gasteiger partial charge in [-0.05, 0) is 55.5 Å². The molecule has 0 aliphatic heterocycles. The molecule has 5 heteroatoms. The average molecular weight is 316 g/mol. The summed E-state index contributed by atoms with van der Waals surface area (Å²) in [5.74, 6) is 1.48. The van der Waals surface area contributed by atoms with Gasteiger partial charge in [0.25, 0.3) is 0 Å². The number of nitrogens with zero attached hydrogens (tertiary/aromatic N) is 3. The number of benzene rings is 2. The van der Waals surface area contributed by atoms with Crippen molar-refractivity contribution in [3.8, 4) is 23.1 Å². The molecular weight excluding hydrogens is 300 g/mol. The van der Waals surface area contributed by atoms with Crippen molar-refractivity contribution >= 4 is 11.5 Å². The first-order valence-corrected chi connectivity index (χ1v) is 7.61. The predicted molar refractivity (Wildman–Crippen MR) is 93.1 cm³/mol. The Morgan fingerprint density at radius 3 is 2.46 bits per heavy atom. The lowest BCUT2D eigenvalue weighted by atomic mass is 10.1.